The van der Waals surface area contributed by atoms with Crippen molar-refractivity contribution in [2.75, 3.05) is 11.6 Å². The molecule has 0 bridgehead atoms. The van der Waals surface area contributed by atoms with Gasteiger partial charge in [0.25, 0.3) is 0 Å². The van der Waals surface area contributed by atoms with Gasteiger partial charge in [0, 0.05) is 47.9 Å². The first-order valence-corrected chi connectivity index (χ1v) is 12.7. The lowest BCUT2D eigenvalue weighted by Crippen LogP contribution is -2.22. The molecular formula is C26H21N5O3S. The van der Waals surface area contributed by atoms with Crippen molar-refractivity contribution >= 4 is 33.7 Å². The van der Waals surface area contributed by atoms with Gasteiger partial charge in [-0.05, 0) is 59.3 Å². The lowest BCUT2D eigenvalue weighted by Gasteiger charge is -2.23. The summed E-state index contributed by atoms with van der Waals surface area (Å²) in [4.78, 5) is 24.9. The van der Waals surface area contributed by atoms with E-state index in [0.29, 0.717) is 22.6 Å². The van der Waals surface area contributed by atoms with E-state index < -0.39 is 15.9 Å². The number of carbonyl (C=O) groups is 1. The quantitative estimate of drug-likeness (QED) is 0.393. The Morgan fingerprint density at radius 1 is 0.971 bits per heavy atom. The summed E-state index contributed by atoms with van der Waals surface area (Å²) in [5.41, 5.74) is 5.40. The molecule has 1 atom stereocenters. The van der Waals surface area contributed by atoms with Crippen LogP contribution >= 0.6 is 0 Å². The van der Waals surface area contributed by atoms with E-state index in [4.69, 9.17) is 4.98 Å². The number of sulfone groups is 1. The molecule has 1 aliphatic heterocycles. The molecule has 0 radical (unpaired) electrons. The van der Waals surface area contributed by atoms with Crippen LogP contribution in [0.2, 0.25) is 0 Å². The second kappa shape index (κ2) is 9.11. The highest BCUT2D eigenvalue weighted by atomic mass is 32.2. The van der Waals surface area contributed by atoms with E-state index >= 15 is 0 Å². The average Bonchev–Trinajstić information content (AvgIpc) is 2.88. The second-order valence-electron chi connectivity index (χ2n) is 8.10. The fraction of sp³-hybridized carbons (Fsp3) is 0.0769. The van der Waals surface area contributed by atoms with Crippen LogP contribution < -0.4 is 10.6 Å². The Balaban J connectivity index is 1.57. The van der Waals surface area contributed by atoms with Gasteiger partial charge in [0.2, 0.25) is 0 Å². The van der Waals surface area contributed by atoms with E-state index in [-0.39, 0.29) is 4.90 Å². The van der Waals surface area contributed by atoms with E-state index in [2.05, 4.69) is 20.6 Å². The summed E-state index contributed by atoms with van der Waals surface area (Å²) in [6, 6.07) is 14.5. The fourth-order valence-electron chi connectivity index (χ4n) is 3.89. The van der Waals surface area contributed by atoms with Crippen molar-refractivity contribution in [1.82, 2.24) is 20.3 Å². The molecule has 5 rings (SSSR count). The number of fused-ring (bicyclic) bond motifs is 1. The second-order valence-corrected chi connectivity index (χ2v) is 10.1. The maximum absolute atomic E-state index is 12.0. The maximum atomic E-state index is 12.0. The zero-order chi connectivity index (χ0) is 24.4. The predicted octanol–water partition coefficient (Wildman–Crippen LogP) is 4.17. The van der Waals surface area contributed by atoms with E-state index in [9.17, 15) is 13.2 Å². The number of anilines is 2. The number of nitrogens with zero attached hydrogens (tertiary/aromatic N) is 3. The first-order valence-electron chi connectivity index (χ1n) is 10.8. The van der Waals surface area contributed by atoms with E-state index in [1.165, 1.54) is 6.20 Å². The molecule has 1 unspecified atom stereocenters. The Morgan fingerprint density at radius 3 is 2.49 bits per heavy atom. The van der Waals surface area contributed by atoms with Gasteiger partial charge in [-0.15, -0.1) is 0 Å². The summed E-state index contributed by atoms with van der Waals surface area (Å²) in [5, 5.41) is 6.37. The number of aromatic nitrogens is 3. The molecule has 9 heteroatoms. The van der Waals surface area contributed by atoms with Crippen LogP contribution in [0.25, 0.3) is 28.5 Å². The van der Waals surface area contributed by atoms with Crippen LogP contribution in [0.4, 0.5) is 11.5 Å². The number of nitrogens with one attached hydrogen (secondary N) is 2. The van der Waals surface area contributed by atoms with Crippen molar-refractivity contribution in [3.8, 4) is 22.4 Å². The molecule has 4 heterocycles. The number of hydrogen-bond acceptors (Lipinski definition) is 8. The third kappa shape index (κ3) is 4.67. The molecule has 1 aliphatic rings. The molecule has 2 N–H and O–H groups in total. The number of pyridine rings is 3. The smallest absolute Gasteiger partial charge is 0.177 e. The average molecular weight is 484 g/mol. The van der Waals surface area contributed by atoms with Gasteiger partial charge >= 0.3 is 0 Å². The van der Waals surface area contributed by atoms with E-state index in [1.54, 1.807) is 30.9 Å². The molecule has 1 aromatic carbocycles. The van der Waals surface area contributed by atoms with Crippen molar-refractivity contribution < 1.29 is 13.2 Å². The third-order valence-corrected chi connectivity index (χ3v) is 6.74. The summed E-state index contributed by atoms with van der Waals surface area (Å²) in [6.45, 7) is 0. The Hall–Kier alpha value is -4.37. The fourth-order valence-corrected chi connectivity index (χ4v) is 4.49. The Kier molecular flexibility index (Phi) is 5.84. The highest BCUT2D eigenvalue weighted by Crippen LogP contribution is 2.34. The highest BCUT2D eigenvalue weighted by Gasteiger charge is 2.23. The Morgan fingerprint density at radius 2 is 1.77 bits per heavy atom. The molecule has 3 aromatic heterocycles. The van der Waals surface area contributed by atoms with Crippen molar-refractivity contribution in [3.63, 3.8) is 0 Å². The van der Waals surface area contributed by atoms with Gasteiger partial charge in [-0.1, -0.05) is 18.2 Å². The van der Waals surface area contributed by atoms with Gasteiger partial charge in [-0.2, -0.15) is 0 Å². The molecule has 0 saturated heterocycles. The molecule has 0 aliphatic carbocycles. The number of benzene rings is 1. The summed E-state index contributed by atoms with van der Waals surface area (Å²) >= 11 is 0. The van der Waals surface area contributed by atoms with Gasteiger partial charge < -0.3 is 15.4 Å². The number of rotatable bonds is 6. The number of carbonyl (C=O) groups excluding carboxylic acids is 1. The molecule has 0 fully saturated rings. The summed E-state index contributed by atoms with van der Waals surface area (Å²) in [6.07, 6.45) is 11.9. The van der Waals surface area contributed by atoms with E-state index in [1.807, 2.05) is 48.5 Å². The molecule has 4 aromatic rings. The molecule has 0 amide bonds. The van der Waals surface area contributed by atoms with Gasteiger partial charge in [-0.25, -0.2) is 13.4 Å². The van der Waals surface area contributed by atoms with Crippen LogP contribution in [0.1, 0.15) is 17.2 Å². The number of hydrogen-bond donors (Lipinski definition) is 2. The van der Waals surface area contributed by atoms with Crippen LogP contribution in [0.3, 0.4) is 0 Å². The van der Waals surface area contributed by atoms with E-state index in [0.717, 1.165) is 34.9 Å². The monoisotopic (exact) mass is 483 g/mol. The van der Waals surface area contributed by atoms with Crippen molar-refractivity contribution in [2.24, 2.45) is 0 Å². The molecule has 8 nitrogen and oxygen atoms in total. The Labute approximate surface area is 202 Å². The van der Waals surface area contributed by atoms with Crippen molar-refractivity contribution in [3.05, 3.63) is 90.6 Å². The van der Waals surface area contributed by atoms with Crippen LogP contribution in [0, 0.1) is 0 Å². The highest BCUT2D eigenvalue weighted by molar-refractivity contribution is 7.90. The largest absolute Gasteiger partial charge is 0.378 e. The summed E-state index contributed by atoms with van der Waals surface area (Å²) in [7, 11) is -3.43. The van der Waals surface area contributed by atoms with Gasteiger partial charge in [0.15, 0.2) is 9.84 Å². The first kappa shape index (κ1) is 22.4. The van der Waals surface area contributed by atoms with Crippen molar-refractivity contribution in [2.45, 2.75) is 10.9 Å². The number of aldehydes is 1. The minimum absolute atomic E-state index is 0.109. The maximum Gasteiger partial charge on any atom is 0.177 e. The Bertz CT molecular complexity index is 1540. The minimum atomic E-state index is -3.43. The molecule has 0 saturated carbocycles. The van der Waals surface area contributed by atoms with Gasteiger partial charge in [0.05, 0.1) is 10.6 Å². The summed E-state index contributed by atoms with van der Waals surface area (Å²) < 4.78 is 24.1. The molecule has 174 valence electrons. The zero-order valence-electron chi connectivity index (χ0n) is 18.7. The van der Waals surface area contributed by atoms with Crippen LogP contribution in [-0.2, 0) is 14.6 Å². The predicted molar refractivity (Wildman–Crippen MR) is 135 cm³/mol. The molecule has 0 spiro atoms. The van der Waals surface area contributed by atoms with Crippen LogP contribution in [0.5, 0.6) is 0 Å². The lowest BCUT2D eigenvalue weighted by molar-refractivity contribution is -0.109. The topological polar surface area (TPSA) is 114 Å². The first-order chi connectivity index (χ1) is 16.9. The van der Waals surface area contributed by atoms with Crippen molar-refractivity contribution in [1.29, 1.82) is 0 Å². The normalized spacial score (nSPS) is 14.6. The molecule has 35 heavy (non-hydrogen) atoms. The minimum Gasteiger partial charge on any atom is -0.378 e. The summed E-state index contributed by atoms with van der Waals surface area (Å²) in [5.74, 6) is 0.491. The van der Waals surface area contributed by atoms with Gasteiger partial charge in [0.1, 0.15) is 18.1 Å². The van der Waals surface area contributed by atoms with Crippen LogP contribution in [-0.4, -0.2) is 35.9 Å². The van der Waals surface area contributed by atoms with Gasteiger partial charge in [-0.3, -0.25) is 9.97 Å². The SMILES string of the molecule is CS(=O)(=O)c1cncc(-c2cc3c(c(Nc4ccc(-c5cccnc5)cc4)n2)C(C=O)NC=C3)c1. The standard InChI is InChI=1S/C26H21N5O3S/c1-35(33,34)22-11-20(14-28-15-22)23-12-18-8-10-29-24(16-32)25(18)26(31-23)30-21-6-4-17(5-7-21)19-3-2-9-27-13-19/h2-16,24,29H,1H3,(H,30,31). The lowest BCUT2D eigenvalue weighted by atomic mass is 9.97. The van der Waals surface area contributed by atoms with Crippen LogP contribution in [0.15, 0.2) is 84.4 Å². The zero-order valence-corrected chi connectivity index (χ0v) is 19.5. The third-order valence-electron chi connectivity index (χ3n) is 5.66. The molecular weight excluding hydrogens is 462 g/mol.